The number of thiol groups is 1. The zero-order chi connectivity index (χ0) is 11.4. The maximum Gasteiger partial charge on any atom is 0.146 e. The van der Waals surface area contributed by atoms with Crippen molar-refractivity contribution in [2.75, 3.05) is 0 Å². The van der Waals surface area contributed by atoms with Crippen LogP contribution in [-0.2, 0) is 4.43 Å². The van der Waals surface area contributed by atoms with Crippen LogP contribution in [0, 0.1) is 0 Å². The van der Waals surface area contributed by atoms with Crippen LogP contribution in [0.2, 0.25) is 18.1 Å². The maximum atomic E-state index is 5.71. The summed E-state index contributed by atoms with van der Waals surface area (Å²) in [7, 11) is -0.406. The fourth-order valence-electron chi connectivity index (χ4n) is 2.18. The van der Waals surface area contributed by atoms with Gasteiger partial charge in [0.15, 0.2) is 0 Å². The Morgan fingerprint density at radius 1 is 1.21 bits per heavy atom. The molecule has 0 bridgehead atoms. The fraction of sp³-hybridized carbons (Fsp3) is 1.00. The molecule has 0 aliphatic carbocycles. The van der Waals surface area contributed by atoms with Gasteiger partial charge in [0.2, 0.25) is 0 Å². The van der Waals surface area contributed by atoms with Crippen LogP contribution >= 0.6 is 12.6 Å². The molecule has 0 aliphatic rings. The fourth-order valence-corrected chi connectivity index (χ4v) is 8.85. The van der Waals surface area contributed by atoms with Crippen molar-refractivity contribution in [3.8, 4) is 0 Å². The van der Waals surface area contributed by atoms with Crippen molar-refractivity contribution in [1.82, 2.24) is 0 Å². The summed E-state index contributed by atoms with van der Waals surface area (Å²) in [5.74, 6) is 0. The highest BCUT2D eigenvalue weighted by molar-refractivity contribution is 7.83. The van der Waals surface area contributed by atoms with E-state index in [4.69, 9.17) is 17.1 Å². The van der Waals surface area contributed by atoms with Crippen LogP contribution in [0.1, 0.15) is 34.6 Å². The molecular weight excluding hydrogens is 224 g/mol. The quantitative estimate of drug-likeness (QED) is 0.563. The summed E-state index contributed by atoms with van der Waals surface area (Å²) in [6, 6.07) is 3.97. The largest absolute Gasteiger partial charge is 0.422 e. The first-order chi connectivity index (χ1) is 6.40. The van der Waals surface area contributed by atoms with Crippen molar-refractivity contribution in [2.24, 2.45) is 0 Å². The lowest BCUT2D eigenvalue weighted by molar-refractivity contribution is 0.138. The molecule has 0 fully saturated rings. The van der Waals surface area contributed by atoms with E-state index in [0.717, 1.165) is 10.5 Å². The molecular formula is C10H26OSSi2. The van der Waals surface area contributed by atoms with Crippen molar-refractivity contribution in [2.45, 2.75) is 63.2 Å². The van der Waals surface area contributed by atoms with Crippen LogP contribution in [0.5, 0.6) is 0 Å². The van der Waals surface area contributed by atoms with Gasteiger partial charge in [-0.15, -0.1) is 0 Å². The predicted octanol–water partition coefficient (Wildman–Crippen LogP) is 2.41. The van der Waals surface area contributed by atoms with E-state index in [9.17, 15) is 0 Å². The second-order valence-electron chi connectivity index (χ2n) is 4.63. The molecule has 1 nitrogen and oxygen atoms in total. The summed E-state index contributed by atoms with van der Waals surface area (Å²) in [6.45, 7) is 11.4. The Morgan fingerprint density at radius 3 is 1.79 bits per heavy atom. The van der Waals surface area contributed by atoms with Crippen molar-refractivity contribution < 1.29 is 4.43 Å². The first-order valence-corrected chi connectivity index (χ1v) is 9.66. The van der Waals surface area contributed by atoms with Gasteiger partial charge in [-0.05, 0) is 13.8 Å². The first kappa shape index (κ1) is 14.7. The second kappa shape index (κ2) is 5.73. The number of hydrogen-bond donors (Lipinski definition) is 1. The molecule has 0 unspecified atom stereocenters. The molecule has 0 aromatic rings. The highest BCUT2D eigenvalue weighted by Crippen LogP contribution is 2.35. The molecule has 1 atom stereocenters. The lowest BCUT2D eigenvalue weighted by Gasteiger charge is -2.43. The summed E-state index contributed by atoms with van der Waals surface area (Å²) in [5.41, 5.74) is -0.0242. The molecule has 86 valence electrons. The summed E-state index contributed by atoms with van der Waals surface area (Å²) in [5, 5.41) is 0. The Bertz CT molecular complexity index is 161. The van der Waals surface area contributed by atoms with Crippen LogP contribution in [0.25, 0.3) is 0 Å². The molecule has 0 aliphatic heterocycles. The zero-order valence-corrected chi connectivity index (χ0v) is 14.4. The summed E-state index contributed by atoms with van der Waals surface area (Å²) in [6.07, 6.45) is 0. The third-order valence-corrected chi connectivity index (χ3v) is 13.3. The van der Waals surface area contributed by atoms with E-state index in [1.165, 1.54) is 18.1 Å². The molecule has 0 amide bonds. The Labute approximate surface area is 99.0 Å². The minimum absolute atomic E-state index is 0.0242. The monoisotopic (exact) mass is 250 g/mol. The van der Waals surface area contributed by atoms with Gasteiger partial charge < -0.3 is 4.43 Å². The highest BCUT2D eigenvalue weighted by Gasteiger charge is 2.42. The van der Waals surface area contributed by atoms with E-state index in [1.807, 2.05) is 0 Å². The molecule has 0 spiro atoms. The van der Waals surface area contributed by atoms with Gasteiger partial charge in [-0.25, -0.2) is 0 Å². The lowest BCUT2D eigenvalue weighted by Crippen LogP contribution is -2.54. The predicted molar refractivity (Wildman–Crippen MR) is 75.1 cm³/mol. The Hall–Kier alpha value is 0.744. The van der Waals surface area contributed by atoms with Crippen LogP contribution < -0.4 is 0 Å². The smallest absolute Gasteiger partial charge is 0.146 e. The van der Waals surface area contributed by atoms with E-state index in [2.05, 4.69) is 34.6 Å². The number of rotatable bonds is 6. The molecule has 14 heavy (non-hydrogen) atoms. The summed E-state index contributed by atoms with van der Waals surface area (Å²) >= 11 is 4.87. The van der Waals surface area contributed by atoms with Gasteiger partial charge in [-0.2, -0.15) is 12.6 Å². The molecule has 0 heterocycles. The Balaban J connectivity index is 4.84. The van der Waals surface area contributed by atoms with Crippen molar-refractivity contribution in [3.05, 3.63) is 0 Å². The van der Waals surface area contributed by atoms with Crippen LogP contribution in [-0.4, -0.2) is 29.0 Å². The Morgan fingerprint density at radius 2 is 1.57 bits per heavy atom. The lowest BCUT2D eigenvalue weighted by atomic mass is 10.2. The summed E-state index contributed by atoms with van der Waals surface area (Å²) in [4.78, 5) is 0.465. The van der Waals surface area contributed by atoms with Gasteiger partial charge >= 0.3 is 0 Å². The van der Waals surface area contributed by atoms with Crippen molar-refractivity contribution >= 4 is 31.2 Å². The van der Waals surface area contributed by atoms with E-state index >= 15 is 0 Å². The molecule has 0 saturated carbocycles. The summed E-state index contributed by atoms with van der Waals surface area (Å²) < 4.78 is 5.71. The van der Waals surface area contributed by atoms with Crippen LogP contribution in [0.3, 0.4) is 0 Å². The van der Waals surface area contributed by atoms with Gasteiger partial charge in [-0.3, -0.25) is 0 Å². The minimum Gasteiger partial charge on any atom is -0.422 e. The highest BCUT2D eigenvalue weighted by atomic mass is 32.1. The Kier molecular flexibility index (Phi) is 6.03. The third kappa shape index (κ3) is 2.87. The average Bonchev–Trinajstić information content (AvgIpc) is 2.21. The minimum atomic E-state index is -1.22. The topological polar surface area (TPSA) is 9.23 Å². The van der Waals surface area contributed by atoms with Crippen molar-refractivity contribution in [3.63, 3.8) is 0 Å². The molecule has 0 aromatic carbocycles. The van der Waals surface area contributed by atoms with E-state index < -0.39 is 8.07 Å². The van der Waals surface area contributed by atoms with Crippen LogP contribution in [0.4, 0.5) is 0 Å². The average molecular weight is 251 g/mol. The zero-order valence-electron chi connectivity index (χ0n) is 10.6. The number of hydrogen-bond acceptors (Lipinski definition) is 2. The first-order valence-electron chi connectivity index (χ1n) is 5.63. The van der Waals surface area contributed by atoms with Gasteiger partial charge in [0.05, 0.1) is 13.7 Å². The van der Waals surface area contributed by atoms with Crippen LogP contribution in [0.15, 0.2) is 0 Å². The maximum absolute atomic E-state index is 5.71. The van der Waals surface area contributed by atoms with E-state index in [1.54, 1.807) is 0 Å². The molecule has 4 heteroatoms. The van der Waals surface area contributed by atoms with Gasteiger partial charge in [0.1, 0.15) is 10.5 Å². The van der Waals surface area contributed by atoms with Gasteiger partial charge in [0, 0.05) is 4.87 Å². The van der Waals surface area contributed by atoms with E-state index in [-0.39, 0.29) is 5.60 Å². The molecule has 0 rings (SSSR count). The molecule has 0 saturated heterocycles. The van der Waals surface area contributed by atoms with Crippen molar-refractivity contribution in [1.29, 1.82) is 0 Å². The standard InChI is InChI=1S/C10H26OSSi2/c1-6-14(7-2,8-3)9(12)10(4,5)11-13/h9,12H,6-8H2,1-5,13H3/t9-/m1/s1. The normalized spacial score (nSPS) is 15.9. The molecule has 0 N–H and O–H groups in total. The third-order valence-electron chi connectivity index (χ3n) is 3.88. The molecule has 0 aromatic heterocycles. The van der Waals surface area contributed by atoms with Gasteiger partial charge in [-0.1, -0.05) is 38.9 Å². The van der Waals surface area contributed by atoms with Gasteiger partial charge in [0.25, 0.3) is 0 Å². The van der Waals surface area contributed by atoms with E-state index in [0.29, 0.717) is 4.87 Å². The SMILES string of the molecule is CC[Si](CC)(CC)[C@@H](S)C(C)(C)O[SiH3]. The molecule has 0 radical (unpaired) electrons. The second-order valence-corrected chi connectivity index (χ2v) is 11.5.